The number of aromatic nitrogens is 2. The van der Waals surface area contributed by atoms with E-state index in [-0.39, 0.29) is 27.6 Å². The van der Waals surface area contributed by atoms with Crippen molar-refractivity contribution in [1.29, 1.82) is 5.26 Å². The van der Waals surface area contributed by atoms with Crippen LogP contribution in [0.5, 0.6) is 11.5 Å². The van der Waals surface area contributed by atoms with Crippen molar-refractivity contribution in [3.63, 3.8) is 0 Å². The summed E-state index contributed by atoms with van der Waals surface area (Å²) in [5, 5.41) is 10.7. The van der Waals surface area contributed by atoms with Gasteiger partial charge in [0, 0.05) is 66.5 Å². The molecule has 1 atom stereocenters. The summed E-state index contributed by atoms with van der Waals surface area (Å²) in [4.78, 5) is 28.8. The van der Waals surface area contributed by atoms with E-state index in [0.29, 0.717) is 60.8 Å². The molecule has 1 fully saturated rings. The zero-order valence-electron chi connectivity index (χ0n) is 28.9. The predicted molar refractivity (Wildman–Crippen MR) is 195 cm³/mol. The average Bonchev–Trinajstić information content (AvgIpc) is 3.43. The van der Waals surface area contributed by atoms with Crippen LogP contribution in [0, 0.1) is 11.3 Å². The molecule has 3 aromatic carbocycles. The SMILES string of the molecule is CCOc1ccc(OC)cc1C1(N2CCN(c3ccnc(C(C)C)c3)CC2)C(=O)N(S(=O)(=O)c2cccc3cccnc23)c2ccc(C#N)cc21. The van der Waals surface area contributed by atoms with Gasteiger partial charge in [-0.25, -0.2) is 12.7 Å². The molecule has 0 bridgehead atoms. The molecule has 1 amide bonds. The van der Waals surface area contributed by atoms with Crippen molar-refractivity contribution in [3.8, 4) is 17.6 Å². The van der Waals surface area contributed by atoms with Crippen LogP contribution in [-0.2, 0) is 20.4 Å². The number of amides is 1. The first kappa shape index (κ1) is 34.0. The summed E-state index contributed by atoms with van der Waals surface area (Å²) in [5.41, 5.74) is 1.80. The molecule has 260 valence electrons. The van der Waals surface area contributed by atoms with Crippen LogP contribution in [0.25, 0.3) is 10.9 Å². The first-order valence-corrected chi connectivity index (χ1v) is 18.3. The normalized spacial score (nSPS) is 17.8. The van der Waals surface area contributed by atoms with Gasteiger partial charge in [0.2, 0.25) is 0 Å². The Bertz CT molecular complexity index is 2290. The number of nitriles is 1. The third kappa shape index (κ3) is 5.53. The lowest BCUT2D eigenvalue weighted by molar-refractivity contribution is -0.127. The van der Waals surface area contributed by atoms with Crippen LogP contribution in [0.2, 0.25) is 0 Å². The highest BCUT2D eigenvalue weighted by atomic mass is 32.2. The largest absolute Gasteiger partial charge is 0.497 e. The summed E-state index contributed by atoms with van der Waals surface area (Å²) >= 11 is 0. The highest BCUT2D eigenvalue weighted by molar-refractivity contribution is 7.93. The number of carbonyl (C=O) groups is 1. The fourth-order valence-electron chi connectivity index (χ4n) is 7.25. The Morgan fingerprint density at radius 3 is 2.43 bits per heavy atom. The standard InChI is InChI=1S/C39H38N6O5S/c1-5-50-35-14-12-30(49-4)24-32(35)39(44-20-18-43(19-21-44)29-15-17-41-33(23-29)26(2)3)31-22-27(25-40)11-13-34(31)45(38(39)46)51(47,48)36-10-6-8-28-9-7-16-42-37(28)36/h6-17,22-24,26H,5,18-21H2,1-4H3. The molecular weight excluding hydrogens is 665 g/mol. The molecule has 0 N–H and O–H groups in total. The number of ether oxygens (including phenoxy) is 2. The minimum atomic E-state index is -4.55. The number of anilines is 2. The molecule has 1 unspecified atom stereocenters. The maximum atomic E-state index is 15.7. The fraction of sp³-hybridized carbons (Fsp3) is 0.282. The van der Waals surface area contributed by atoms with Gasteiger partial charge in [0.1, 0.15) is 16.4 Å². The fourth-order valence-corrected chi connectivity index (χ4v) is 8.88. The van der Waals surface area contributed by atoms with Gasteiger partial charge in [0.25, 0.3) is 15.9 Å². The van der Waals surface area contributed by atoms with Crippen LogP contribution < -0.4 is 18.7 Å². The summed E-state index contributed by atoms with van der Waals surface area (Å²) in [7, 11) is -3.02. The zero-order valence-corrected chi connectivity index (χ0v) is 29.7. The number of pyridine rings is 2. The molecule has 2 aliphatic rings. The number of methoxy groups -OCH3 is 1. The molecule has 2 aromatic heterocycles. The molecule has 2 aliphatic heterocycles. The van der Waals surface area contributed by atoms with Crippen LogP contribution in [-0.4, -0.2) is 69.1 Å². The van der Waals surface area contributed by atoms with Gasteiger partial charge in [0.05, 0.1) is 36.6 Å². The number of fused-ring (bicyclic) bond motifs is 2. The third-order valence-electron chi connectivity index (χ3n) is 9.69. The van der Waals surface area contributed by atoms with E-state index in [1.165, 1.54) is 25.4 Å². The van der Waals surface area contributed by atoms with Crippen LogP contribution in [0.15, 0.2) is 96.2 Å². The van der Waals surface area contributed by atoms with Crippen molar-refractivity contribution >= 4 is 38.2 Å². The van der Waals surface area contributed by atoms with Crippen LogP contribution in [0.3, 0.4) is 0 Å². The Hall–Kier alpha value is -5.51. The van der Waals surface area contributed by atoms with Crippen molar-refractivity contribution in [2.45, 2.75) is 37.1 Å². The number of carbonyl (C=O) groups excluding carboxylic acids is 1. The smallest absolute Gasteiger partial charge is 0.273 e. The second kappa shape index (κ2) is 13.3. The predicted octanol–water partition coefficient (Wildman–Crippen LogP) is 5.83. The van der Waals surface area contributed by atoms with Gasteiger partial charge < -0.3 is 14.4 Å². The van der Waals surface area contributed by atoms with Gasteiger partial charge in [-0.3, -0.25) is 19.7 Å². The topological polar surface area (TPSA) is 129 Å². The van der Waals surface area contributed by atoms with Crippen molar-refractivity contribution in [3.05, 3.63) is 114 Å². The number of benzene rings is 3. The molecule has 12 heteroatoms. The number of sulfonamides is 1. The molecule has 51 heavy (non-hydrogen) atoms. The minimum Gasteiger partial charge on any atom is -0.497 e. The quantitative estimate of drug-likeness (QED) is 0.185. The highest BCUT2D eigenvalue weighted by Crippen LogP contribution is 2.54. The van der Waals surface area contributed by atoms with Crippen molar-refractivity contribution in [1.82, 2.24) is 14.9 Å². The Kier molecular flexibility index (Phi) is 8.87. The van der Waals surface area contributed by atoms with Gasteiger partial charge in [-0.1, -0.05) is 32.0 Å². The second-order valence-corrected chi connectivity index (χ2v) is 14.6. The first-order valence-electron chi connectivity index (χ1n) is 16.9. The molecule has 0 spiro atoms. The van der Waals surface area contributed by atoms with E-state index < -0.39 is 21.5 Å². The van der Waals surface area contributed by atoms with E-state index in [9.17, 15) is 13.7 Å². The number of piperazine rings is 1. The van der Waals surface area contributed by atoms with Crippen molar-refractivity contribution in [2.24, 2.45) is 0 Å². The molecule has 7 rings (SSSR count). The molecule has 5 aromatic rings. The van der Waals surface area contributed by atoms with Gasteiger partial charge in [-0.05, 0) is 73.5 Å². The third-order valence-corrected chi connectivity index (χ3v) is 11.4. The van der Waals surface area contributed by atoms with Gasteiger partial charge in [-0.2, -0.15) is 5.26 Å². The highest BCUT2D eigenvalue weighted by Gasteiger charge is 2.61. The van der Waals surface area contributed by atoms with Crippen LogP contribution >= 0.6 is 0 Å². The zero-order chi connectivity index (χ0) is 35.9. The van der Waals surface area contributed by atoms with Gasteiger partial charge in [0.15, 0.2) is 5.54 Å². The Balaban J connectivity index is 1.45. The molecule has 4 heterocycles. The molecule has 0 saturated carbocycles. The van der Waals surface area contributed by atoms with Crippen molar-refractivity contribution < 1.29 is 22.7 Å². The maximum absolute atomic E-state index is 15.7. The van der Waals surface area contributed by atoms with Crippen LogP contribution in [0.4, 0.5) is 11.4 Å². The minimum absolute atomic E-state index is 0.0980. The lowest BCUT2D eigenvalue weighted by Gasteiger charge is -2.46. The Morgan fingerprint density at radius 1 is 0.922 bits per heavy atom. The molecule has 1 saturated heterocycles. The Labute approximate surface area is 297 Å². The average molecular weight is 703 g/mol. The monoisotopic (exact) mass is 702 g/mol. The molecule has 0 aliphatic carbocycles. The summed E-state index contributed by atoms with van der Waals surface area (Å²) in [5.74, 6) is 0.430. The number of hydrogen-bond acceptors (Lipinski definition) is 10. The van der Waals surface area contributed by atoms with Crippen LogP contribution in [0.1, 0.15) is 49.1 Å². The molecular formula is C39H38N6O5S. The summed E-state index contributed by atoms with van der Waals surface area (Å²) in [6.45, 7) is 8.20. The van der Waals surface area contributed by atoms with E-state index >= 15 is 4.79 Å². The second-order valence-electron chi connectivity index (χ2n) is 12.8. The number of nitrogens with zero attached hydrogens (tertiary/aromatic N) is 6. The summed E-state index contributed by atoms with van der Waals surface area (Å²) < 4.78 is 42.6. The lowest BCUT2D eigenvalue weighted by Crippen LogP contribution is -2.60. The van der Waals surface area contributed by atoms with E-state index in [2.05, 4.69) is 40.9 Å². The van der Waals surface area contributed by atoms with E-state index in [4.69, 9.17) is 9.47 Å². The first-order chi connectivity index (χ1) is 24.6. The Morgan fingerprint density at radius 2 is 1.71 bits per heavy atom. The number of para-hydroxylation sites is 1. The van der Waals surface area contributed by atoms with E-state index in [1.807, 2.05) is 24.1 Å². The molecule has 11 nitrogen and oxygen atoms in total. The summed E-state index contributed by atoms with van der Waals surface area (Å²) in [6, 6.07) is 24.6. The summed E-state index contributed by atoms with van der Waals surface area (Å²) in [6.07, 6.45) is 3.34. The lowest BCUT2D eigenvalue weighted by atomic mass is 9.80. The number of hydrogen-bond donors (Lipinski definition) is 0. The van der Waals surface area contributed by atoms with E-state index in [0.717, 1.165) is 15.7 Å². The van der Waals surface area contributed by atoms with Gasteiger partial charge >= 0.3 is 0 Å². The van der Waals surface area contributed by atoms with Gasteiger partial charge in [-0.15, -0.1) is 0 Å². The van der Waals surface area contributed by atoms with E-state index in [1.54, 1.807) is 54.6 Å². The molecule has 0 radical (unpaired) electrons. The number of rotatable bonds is 9. The maximum Gasteiger partial charge on any atom is 0.273 e. The van der Waals surface area contributed by atoms with Crippen molar-refractivity contribution in [2.75, 3.05) is 49.1 Å².